The van der Waals surface area contributed by atoms with Crippen molar-refractivity contribution in [1.29, 1.82) is 0 Å². The number of anilines is 1. The van der Waals surface area contributed by atoms with E-state index in [1.165, 1.54) is 0 Å². The highest BCUT2D eigenvalue weighted by molar-refractivity contribution is 5.93. The number of carbonyl (C=O) groups is 1. The largest absolute Gasteiger partial charge is 0.385 e. The summed E-state index contributed by atoms with van der Waals surface area (Å²) < 4.78 is 0. The summed E-state index contributed by atoms with van der Waals surface area (Å²) in [5.74, 6) is -0.387. The Morgan fingerprint density at radius 1 is 1.38 bits per heavy atom. The van der Waals surface area contributed by atoms with E-state index in [4.69, 9.17) is 5.73 Å². The van der Waals surface area contributed by atoms with Gasteiger partial charge in [0.1, 0.15) is 0 Å². The molecule has 0 saturated heterocycles. The van der Waals surface area contributed by atoms with Crippen LogP contribution >= 0.6 is 0 Å². The van der Waals surface area contributed by atoms with Crippen LogP contribution in [0.4, 0.5) is 5.69 Å². The maximum Gasteiger partial charge on any atom is 0.248 e. The van der Waals surface area contributed by atoms with E-state index in [9.17, 15) is 4.79 Å². The Morgan fingerprint density at radius 2 is 2.00 bits per heavy atom. The number of primary amides is 1. The Hall–Kier alpha value is -1.51. The van der Waals surface area contributed by atoms with Crippen LogP contribution in [0.1, 0.15) is 23.7 Å². The van der Waals surface area contributed by atoms with E-state index >= 15 is 0 Å². The van der Waals surface area contributed by atoms with Crippen LogP contribution in [-0.4, -0.2) is 12.5 Å². The lowest BCUT2D eigenvalue weighted by atomic mass is 10.2. The molecule has 1 aromatic rings. The van der Waals surface area contributed by atoms with Crippen LogP contribution in [-0.2, 0) is 0 Å². The summed E-state index contributed by atoms with van der Waals surface area (Å²) in [5, 5.41) is 3.21. The van der Waals surface area contributed by atoms with Gasteiger partial charge in [0.25, 0.3) is 0 Å². The second-order valence-electron chi connectivity index (χ2n) is 2.87. The molecule has 3 nitrogen and oxygen atoms in total. The summed E-state index contributed by atoms with van der Waals surface area (Å²) in [6, 6.07) is 7.16. The quantitative estimate of drug-likeness (QED) is 0.735. The maximum atomic E-state index is 10.7. The second-order valence-corrected chi connectivity index (χ2v) is 2.87. The molecule has 0 saturated carbocycles. The van der Waals surface area contributed by atoms with E-state index in [1.54, 1.807) is 12.1 Å². The average Bonchev–Trinajstić information content (AvgIpc) is 2.15. The molecule has 13 heavy (non-hydrogen) atoms. The lowest BCUT2D eigenvalue weighted by Gasteiger charge is -2.04. The molecule has 0 bridgehead atoms. The lowest BCUT2D eigenvalue weighted by Crippen LogP contribution is -2.10. The van der Waals surface area contributed by atoms with Gasteiger partial charge >= 0.3 is 0 Å². The van der Waals surface area contributed by atoms with Crippen LogP contribution in [0.25, 0.3) is 0 Å². The fourth-order valence-electron chi connectivity index (χ4n) is 1.02. The van der Waals surface area contributed by atoms with Crippen molar-refractivity contribution in [2.24, 2.45) is 5.73 Å². The molecule has 3 heteroatoms. The van der Waals surface area contributed by atoms with Crippen molar-refractivity contribution in [2.45, 2.75) is 13.3 Å². The van der Waals surface area contributed by atoms with Crippen molar-refractivity contribution in [1.82, 2.24) is 0 Å². The van der Waals surface area contributed by atoms with Crippen LogP contribution in [0.2, 0.25) is 0 Å². The molecule has 1 rings (SSSR count). The summed E-state index contributed by atoms with van der Waals surface area (Å²) in [5.41, 5.74) is 6.67. The first-order chi connectivity index (χ1) is 6.24. The third-order valence-corrected chi connectivity index (χ3v) is 1.75. The van der Waals surface area contributed by atoms with Gasteiger partial charge in [-0.3, -0.25) is 4.79 Å². The number of benzene rings is 1. The van der Waals surface area contributed by atoms with Gasteiger partial charge in [0.2, 0.25) is 5.91 Å². The van der Waals surface area contributed by atoms with Crippen LogP contribution in [0, 0.1) is 0 Å². The van der Waals surface area contributed by atoms with Crippen molar-refractivity contribution >= 4 is 11.6 Å². The molecule has 0 aliphatic rings. The monoisotopic (exact) mass is 178 g/mol. The molecular formula is C10H14N2O. The molecule has 70 valence electrons. The first kappa shape index (κ1) is 9.58. The van der Waals surface area contributed by atoms with Crippen molar-refractivity contribution in [2.75, 3.05) is 11.9 Å². The molecule has 0 spiro atoms. The Morgan fingerprint density at radius 3 is 2.46 bits per heavy atom. The predicted octanol–water partition coefficient (Wildman–Crippen LogP) is 1.61. The molecular weight excluding hydrogens is 164 g/mol. The Labute approximate surface area is 77.9 Å². The number of hydrogen-bond donors (Lipinski definition) is 2. The first-order valence-corrected chi connectivity index (χ1v) is 4.37. The van der Waals surface area contributed by atoms with Crippen LogP contribution in [0.3, 0.4) is 0 Å². The predicted molar refractivity (Wildman–Crippen MR) is 53.7 cm³/mol. The van der Waals surface area contributed by atoms with Gasteiger partial charge in [0.05, 0.1) is 0 Å². The zero-order valence-electron chi connectivity index (χ0n) is 7.71. The highest BCUT2D eigenvalue weighted by Crippen LogP contribution is 2.08. The van der Waals surface area contributed by atoms with Gasteiger partial charge in [-0.25, -0.2) is 0 Å². The number of rotatable bonds is 4. The minimum atomic E-state index is -0.387. The van der Waals surface area contributed by atoms with E-state index in [-0.39, 0.29) is 5.91 Å². The molecule has 0 aliphatic carbocycles. The molecule has 0 aromatic heterocycles. The third-order valence-electron chi connectivity index (χ3n) is 1.75. The molecule has 1 amide bonds. The van der Waals surface area contributed by atoms with Gasteiger partial charge in [-0.15, -0.1) is 0 Å². The van der Waals surface area contributed by atoms with E-state index in [2.05, 4.69) is 12.2 Å². The minimum absolute atomic E-state index is 0.387. The normalized spacial score (nSPS) is 9.62. The first-order valence-electron chi connectivity index (χ1n) is 4.37. The van der Waals surface area contributed by atoms with E-state index in [1.807, 2.05) is 12.1 Å². The van der Waals surface area contributed by atoms with E-state index < -0.39 is 0 Å². The molecule has 0 atom stereocenters. The van der Waals surface area contributed by atoms with Crippen molar-refractivity contribution in [3.63, 3.8) is 0 Å². The molecule has 0 fully saturated rings. The van der Waals surface area contributed by atoms with Gasteiger partial charge in [-0.2, -0.15) is 0 Å². The lowest BCUT2D eigenvalue weighted by molar-refractivity contribution is 0.100. The van der Waals surface area contributed by atoms with Crippen molar-refractivity contribution in [3.8, 4) is 0 Å². The fourth-order valence-corrected chi connectivity index (χ4v) is 1.02. The third kappa shape index (κ3) is 2.78. The van der Waals surface area contributed by atoms with Crippen LogP contribution in [0.5, 0.6) is 0 Å². The van der Waals surface area contributed by atoms with Gasteiger partial charge < -0.3 is 11.1 Å². The molecule has 0 aliphatic heterocycles. The van der Waals surface area contributed by atoms with Gasteiger partial charge in [-0.1, -0.05) is 6.92 Å². The van der Waals surface area contributed by atoms with E-state index in [0.717, 1.165) is 18.7 Å². The molecule has 0 radical (unpaired) electrons. The topological polar surface area (TPSA) is 55.1 Å². The van der Waals surface area contributed by atoms with Crippen molar-refractivity contribution < 1.29 is 4.79 Å². The number of amides is 1. The number of hydrogen-bond acceptors (Lipinski definition) is 2. The summed E-state index contributed by atoms with van der Waals surface area (Å²) in [4.78, 5) is 10.7. The van der Waals surface area contributed by atoms with Gasteiger partial charge in [0.15, 0.2) is 0 Å². The average molecular weight is 178 g/mol. The Bertz CT molecular complexity index is 279. The van der Waals surface area contributed by atoms with Crippen LogP contribution < -0.4 is 11.1 Å². The number of nitrogens with two attached hydrogens (primary N) is 1. The molecule has 0 heterocycles. The van der Waals surface area contributed by atoms with Gasteiger partial charge in [0, 0.05) is 17.8 Å². The summed E-state index contributed by atoms with van der Waals surface area (Å²) in [7, 11) is 0. The molecule has 1 aromatic carbocycles. The number of carbonyl (C=O) groups excluding carboxylic acids is 1. The standard InChI is InChI=1S/C10H14N2O/c1-2-7-12-9-5-3-8(4-6-9)10(11)13/h3-6,12H,2,7H2,1H3,(H2,11,13). The SMILES string of the molecule is CCCNc1ccc(C(N)=O)cc1. The zero-order valence-corrected chi connectivity index (χ0v) is 7.71. The van der Waals surface area contributed by atoms with Gasteiger partial charge in [-0.05, 0) is 30.7 Å². The maximum absolute atomic E-state index is 10.7. The van der Waals surface area contributed by atoms with Crippen LogP contribution in [0.15, 0.2) is 24.3 Å². The van der Waals surface area contributed by atoms with E-state index in [0.29, 0.717) is 5.56 Å². The summed E-state index contributed by atoms with van der Waals surface area (Å²) in [6.45, 7) is 3.04. The summed E-state index contributed by atoms with van der Waals surface area (Å²) >= 11 is 0. The van der Waals surface area contributed by atoms with Crippen molar-refractivity contribution in [3.05, 3.63) is 29.8 Å². The smallest absolute Gasteiger partial charge is 0.248 e. The Kier molecular flexibility index (Phi) is 3.31. The second kappa shape index (κ2) is 4.50. The zero-order chi connectivity index (χ0) is 9.68. The fraction of sp³-hybridized carbons (Fsp3) is 0.300. The highest BCUT2D eigenvalue weighted by atomic mass is 16.1. The number of nitrogens with one attached hydrogen (secondary N) is 1. The minimum Gasteiger partial charge on any atom is -0.385 e. The summed E-state index contributed by atoms with van der Waals surface area (Å²) in [6.07, 6.45) is 1.08. The molecule has 0 unspecified atom stereocenters. The highest BCUT2D eigenvalue weighted by Gasteiger charge is 1.98. The Balaban J connectivity index is 2.64. The molecule has 3 N–H and O–H groups in total.